The Bertz CT molecular complexity index is 861. The van der Waals surface area contributed by atoms with Gasteiger partial charge in [-0.15, -0.1) is 0 Å². The fraction of sp³-hybridized carbons (Fsp3) is 0.125. The lowest BCUT2D eigenvalue weighted by Crippen LogP contribution is -2.07. The molecule has 0 aliphatic rings. The minimum atomic E-state index is -0.481. The molecule has 7 heteroatoms. The number of benzene rings is 2. The van der Waals surface area contributed by atoms with E-state index in [1.165, 1.54) is 6.33 Å². The van der Waals surface area contributed by atoms with Gasteiger partial charge in [0.2, 0.25) is 11.6 Å². The third-order valence-corrected chi connectivity index (χ3v) is 3.39. The number of hydrogen-bond acceptors (Lipinski definition) is 6. The summed E-state index contributed by atoms with van der Waals surface area (Å²) in [5.41, 5.74) is 0.592. The highest BCUT2D eigenvalue weighted by Gasteiger charge is 2.22. The van der Waals surface area contributed by atoms with E-state index in [1.54, 1.807) is 0 Å². The van der Waals surface area contributed by atoms with Crippen LogP contribution in [0, 0.1) is 10.1 Å². The van der Waals surface area contributed by atoms with Gasteiger partial charge in [-0.3, -0.25) is 10.1 Å². The van der Waals surface area contributed by atoms with Crippen LogP contribution in [-0.2, 0) is 0 Å². The van der Waals surface area contributed by atoms with Crippen LogP contribution < -0.4 is 10.6 Å². The molecule has 0 atom stereocenters. The number of fused-ring (bicyclic) bond motifs is 1. The van der Waals surface area contributed by atoms with Crippen LogP contribution in [0.15, 0.2) is 48.8 Å². The fourth-order valence-electron chi connectivity index (χ4n) is 2.40. The van der Waals surface area contributed by atoms with Crippen LogP contribution in [0.1, 0.15) is 6.92 Å². The van der Waals surface area contributed by atoms with E-state index in [0.29, 0.717) is 6.54 Å². The average molecular weight is 309 g/mol. The number of anilines is 3. The second-order valence-electron chi connectivity index (χ2n) is 4.86. The Kier molecular flexibility index (Phi) is 4.01. The zero-order valence-electron chi connectivity index (χ0n) is 12.5. The first-order valence-corrected chi connectivity index (χ1v) is 7.18. The molecule has 1 heterocycles. The van der Waals surface area contributed by atoms with Gasteiger partial charge < -0.3 is 10.6 Å². The van der Waals surface area contributed by atoms with Gasteiger partial charge in [0, 0.05) is 17.6 Å². The van der Waals surface area contributed by atoms with E-state index in [9.17, 15) is 10.1 Å². The number of rotatable bonds is 5. The van der Waals surface area contributed by atoms with Crippen LogP contribution >= 0.6 is 0 Å². The lowest BCUT2D eigenvalue weighted by atomic mass is 10.1. The lowest BCUT2D eigenvalue weighted by molar-refractivity contribution is -0.383. The van der Waals surface area contributed by atoms with Crippen molar-refractivity contribution in [1.29, 1.82) is 0 Å². The highest BCUT2D eigenvalue weighted by atomic mass is 16.6. The molecule has 0 aliphatic heterocycles. The van der Waals surface area contributed by atoms with Crippen LogP contribution in [0.4, 0.5) is 23.0 Å². The van der Waals surface area contributed by atoms with Gasteiger partial charge in [-0.25, -0.2) is 9.97 Å². The van der Waals surface area contributed by atoms with E-state index < -0.39 is 4.92 Å². The van der Waals surface area contributed by atoms with Crippen molar-refractivity contribution in [3.05, 3.63) is 58.9 Å². The Hall–Kier alpha value is -3.22. The van der Waals surface area contributed by atoms with E-state index in [-0.39, 0.29) is 17.3 Å². The molecule has 116 valence electrons. The van der Waals surface area contributed by atoms with Crippen LogP contribution in [0.3, 0.4) is 0 Å². The first-order valence-electron chi connectivity index (χ1n) is 7.18. The van der Waals surface area contributed by atoms with Gasteiger partial charge in [-0.1, -0.05) is 36.4 Å². The van der Waals surface area contributed by atoms with E-state index in [1.807, 2.05) is 49.4 Å². The quantitative estimate of drug-likeness (QED) is 0.551. The number of hydrogen-bond donors (Lipinski definition) is 2. The van der Waals surface area contributed by atoms with E-state index in [2.05, 4.69) is 20.6 Å². The first kappa shape index (κ1) is 14.7. The van der Waals surface area contributed by atoms with Crippen LogP contribution in [0.5, 0.6) is 0 Å². The Morgan fingerprint density at radius 3 is 2.61 bits per heavy atom. The highest BCUT2D eigenvalue weighted by Crippen LogP contribution is 2.33. The monoisotopic (exact) mass is 309 g/mol. The van der Waals surface area contributed by atoms with Crippen molar-refractivity contribution in [2.24, 2.45) is 0 Å². The third-order valence-electron chi connectivity index (χ3n) is 3.39. The molecule has 3 aromatic rings. The van der Waals surface area contributed by atoms with E-state index in [4.69, 9.17) is 0 Å². The second-order valence-corrected chi connectivity index (χ2v) is 4.86. The van der Waals surface area contributed by atoms with Gasteiger partial charge in [-0.05, 0) is 18.4 Å². The molecule has 0 amide bonds. The van der Waals surface area contributed by atoms with E-state index in [0.717, 1.165) is 16.5 Å². The summed E-state index contributed by atoms with van der Waals surface area (Å²) in [6.45, 7) is 2.38. The molecule has 23 heavy (non-hydrogen) atoms. The summed E-state index contributed by atoms with van der Waals surface area (Å²) >= 11 is 0. The van der Waals surface area contributed by atoms with Gasteiger partial charge in [0.25, 0.3) is 0 Å². The zero-order valence-corrected chi connectivity index (χ0v) is 12.5. The number of nitrogens with zero attached hydrogens (tertiary/aromatic N) is 3. The maximum absolute atomic E-state index is 11.4. The first-order chi connectivity index (χ1) is 11.2. The topological polar surface area (TPSA) is 93.0 Å². The predicted molar refractivity (Wildman–Crippen MR) is 90.1 cm³/mol. The Morgan fingerprint density at radius 1 is 1.09 bits per heavy atom. The Morgan fingerprint density at radius 2 is 1.83 bits per heavy atom. The molecule has 0 bridgehead atoms. The molecular formula is C16H15N5O2. The fourth-order valence-corrected chi connectivity index (χ4v) is 2.40. The van der Waals surface area contributed by atoms with Crippen molar-refractivity contribution in [2.45, 2.75) is 6.92 Å². The summed E-state index contributed by atoms with van der Waals surface area (Å²) in [5, 5.41) is 19.4. The molecule has 0 radical (unpaired) electrons. The molecule has 0 spiro atoms. The smallest absolute Gasteiger partial charge is 0.353 e. The molecular weight excluding hydrogens is 294 g/mol. The molecule has 0 unspecified atom stereocenters. The van der Waals surface area contributed by atoms with Crippen LogP contribution in [0.25, 0.3) is 10.8 Å². The summed E-state index contributed by atoms with van der Waals surface area (Å²) in [6, 6.07) is 13.5. The van der Waals surface area contributed by atoms with Crippen molar-refractivity contribution in [1.82, 2.24) is 9.97 Å². The van der Waals surface area contributed by atoms with Crippen molar-refractivity contribution in [3.8, 4) is 0 Å². The molecule has 0 saturated heterocycles. The molecule has 0 saturated carbocycles. The van der Waals surface area contributed by atoms with Crippen molar-refractivity contribution < 1.29 is 4.92 Å². The number of nitrogens with one attached hydrogen (secondary N) is 2. The lowest BCUT2D eigenvalue weighted by Gasteiger charge is -2.11. The second kappa shape index (κ2) is 6.27. The van der Waals surface area contributed by atoms with Gasteiger partial charge in [0.15, 0.2) is 0 Å². The third kappa shape index (κ3) is 2.89. The summed E-state index contributed by atoms with van der Waals surface area (Å²) < 4.78 is 0. The molecule has 0 aliphatic carbocycles. The van der Waals surface area contributed by atoms with Crippen molar-refractivity contribution >= 4 is 33.8 Å². The summed E-state index contributed by atoms with van der Waals surface area (Å²) in [4.78, 5) is 18.9. The Balaban J connectivity index is 2.09. The summed E-state index contributed by atoms with van der Waals surface area (Å²) in [5.74, 6) is 0.368. The molecule has 2 N–H and O–H groups in total. The zero-order chi connectivity index (χ0) is 16.2. The van der Waals surface area contributed by atoms with Gasteiger partial charge >= 0.3 is 5.69 Å². The number of aromatic nitrogens is 2. The predicted octanol–water partition coefficient (Wildman–Crippen LogP) is 3.71. The number of nitro groups is 1. The summed E-state index contributed by atoms with van der Waals surface area (Å²) in [6.07, 6.45) is 1.30. The van der Waals surface area contributed by atoms with E-state index >= 15 is 0 Å². The average Bonchev–Trinajstić information content (AvgIpc) is 2.55. The minimum Gasteiger partial charge on any atom is -0.364 e. The normalized spacial score (nSPS) is 10.5. The molecule has 1 aromatic heterocycles. The standard InChI is InChI=1S/C16H15N5O2/c1-2-17-15-14(21(22)23)16(19-10-18-15)20-13-9-5-7-11-6-3-4-8-12(11)13/h3-10H,2H2,1H3,(H2,17,18,19,20). The van der Waals surface area contributed by atoms with Gasteiger partial charge in [0.05, 0.1) is 4.92 Å². The van der Waals surface area contributed by atoms with Crippen LogP contribution in [-0.4, -0.2) is 21.4 Å². The molecule has 3 rings (SSSR count). The Labute approximate surface area is 132 Å². The molecule has 0 fully saturated rings. The van der Waals surface area contributed by atoms with Gasteiger partial charge in [0.1, 0.15) is 6.33 Å². The summed E-state index contributed by atoms with van der Waals surface area (Å²) in [7, 11) is 0. The van der Waals surface area contributed by atoms with Gasteiger partial charge in [-0.2, -0.15) is 0 Å². The van der Waals surface area contributed by atoms with Crippen LogP contribution in [0.2, 0.25) is 0 Å². The molecule has 2 aromatic carbocycles. The SMILES string of the molecule is CCNc1ncnc(Nc2cccc3ccccc23)c1[N+](=O)[O-]. The maximum Gasteiger partial charge on any atom is 0.353 e. The largest absolute Gasteiger partial charge is 0.364 e. The maximum atomic E-state index is 11.4. The minimum absolute atomic E-state index is 0.164. The van der Waals surface area contributed by atoms with Crippen molar-refractivity contribution in [3.63, 3.8) is 0 Å². The molecule has 7 nitrogen and oxygen atoms in total. The highest BCUT2D eigenvalue weighted by molar-refractivity contribution is 5.95. The van der Waals surface area contributed by atoms with Crippen molar-refractivity contribution in [2.75, 3.05) is 17.2 Å².